The van der Waals surface area contributed by atoms with Crippen LogP contribution < -0.4 is 0 Å². The standard InChI is InChI=1S/C35H35N5/c1-3-36-13-6-4-9-28-19-29(22-32(21-28)31-10-8-15-37-16-11-31)20-30-23-33(35(2)12-5-7-14-38-26-35)25-34(24-30)40-18-17-39-27-40/h3-9,12-19,21-27,31H,10-11,20H2,1-2H3/b9-4?,13-6-,36-3-. The highest BCUT2D eigenvalue weighted by atomic mass is 15.0. The lowest BCUT2D eigenvalue weighted by Gasteiger charge is -2.23. The van der Waals surface area contributed by atoms with Gasteiger partial charge >= 0.3 is 0 Å². The van der Waals surface area contributed by atoms with Crippen LogP contribution in [0.2, 0.25) is 0 Å². The van der Waals surface area contributed by atoms with Crippen molar-refractivity contribution >= 4 is 24.7 Å². The lowest BCUT2D eigenvalue weighted by Crippen LogP contribution is -2.21. The van der Waals surface area contributed by atoms with E-state index in [-0.39, 0.29) is 5.41 Å². The molecule has 3 heterocycles. The zero-order valence-corrected chi connectivity index (χ0v) is 23.1. The number of allylic oxidation sites excluding steroid dienone is 6. The van der Waals surface area contributed by atoms with Crippen molar-refractivity contribution in [2.24, 2.45) is 15.0 Å². The first-order chi connectivity index (χ1) is 19.6. The summed E-state index contributed by atoms with van der Waals surface area (Å²) >= 11 is 0. The van der Waals surface area contributed by atoms with Crippen molar-refractivity contribution in [2.75, 3.05) is 0 Å². The molecule has 0 amide bonds. The fraction of sp³-hybridized carbons (Fsp3) is 0.200. The van der Waals surface area contributed by atoms with E-state index in [1.54, 1.807) is 12.4 Å². The van der Waals surface area contributed by atoms with Crippen LogP contribution in [-0.2, 0) is 11.8 Å². The number of aliphatic imine (C=N–C) groups is 3. The van der Waals surface area contributed by atoms with E-state index in [1.807, 2.05) is 62.6 Å². The fourth-order valence-electron chi connectivity index (χ4n) is 5.09. The van der Waals surface area contributed by atoms with Gasteiger partial charge in [0.25, 0.3) is 0 Å². The summed E-state index contributed by atoms with van der Waals surface area (Å²) in [5.74, 6) is 0.404. The summed E-state index contributed by atoms with van der Waals surface area (Å²) in [5.41, 5.74) is 7.02. The maximum atomic E-state index is 4.51. The number of rotatable bonds is 8. The van der Waals surface area contributed by atoms with Crippen molar-refractivity contribution in [1.29, 1.82) is 0 Å². The number of imidazole rings is 1. The van der Waals surface area contributed by atoms with E-state index in [1.165, 1.54) is 27.8 Å². The minimum absolute atomic E-state index is 0.316. The van der Waals surface area contributed by atoms with Gasteiger partial charge in [-0.1, -0.05) is 54.6 Å². The molecule has 5 rings (SSSR count). The van der Waals surface area contributed by atoms with Crippen LogP contribution >= 0.6 is 0 Å². The highest BCUT2D eigenvalue weighted by molar-refractivity contribution is 5.78. The van der Waals surface area contributed by atoms with Crippen LogP contribution in [0.5, 0.6) is 0 Å². The molecule has 2 aliphatic rings. The molecule has 0 radical (unpaired) electrons. The molecule has 2 atom stereocenters. The zero-order valence-electron chi connectivity index (χ0n) is 23.1. The van der Waals surface area contributed by atoms with Crippen molar-refractivity contribution in [3.05, 3.63) is 138 Å². The van der Waals surface area contributed by atoms with Crippen LogP contribution in [0, 0.1) is 0 Å². The Labute approximate surface area is 237 Å². The Hall–Kier alpha value is -4.64. The van der Waals surface area contributed by atoms with Gasteiger partial charge < -0.3 is 4.57 Å². The Kier molecular flexibility index (Phi) is 8.72. The van der Waals surface area contributed by atoms with E-state index in [0.29, 0.717) is 5.92 Å². The molecule has 200 valence electrons. The molecule has 2 unspecified atom stereocenters. The van der Waals surface area contributed by atoms with Crippen molar-refractivity contribution < 1.29 is 0 Å². The number of hydrogen-bond acceptors (Lipinski definition) is 4. The van der Waals surface area contributed by atoms with Crippen molar-refractivity contribution in [3.8, 4) is 5.69 Å². The Bertz CT molecular complexity index is 1510. The second-order valence-electron chi connectivity index (χ2n) is 10.3. The number of benzene rings is 2. The minimum Gasteiger partial charge on any atom is -0.306 e. The van der Waals surface area contributed by atoms with Gasteiger partial charge in [-0.3, -0.25) is 15.0 Å². The normalized spacial score (nSPS) is 20.7. The molecule has 0 aliphatic carbocycles. The Balaban J connectivity index is 1.54. The summed E-state index contributed by atoms with van der Waals surface area (Å²) in [4.78, 5) is 17.3. The van der Waals surface area contributed by atoms with E-state index in [0.717, 1.165) is 24.9 Å². The first-order valence-corrected chi connectivity index (χ1v) is 13.8. The van der Waals surface area contributed by atoms with Crippen LogP contribution in [0.25, 0.3) is 11.8 Å². The molecule has 5 heteroatoms. The molecular formula is C35H35N5. The monoisotopic (exact) mass is 525 g/mol. The molecule has 0 N–H and O–H groups in total. The van der Waals surface area contributed by atoms with Gasteiger partial charge in [-0.15, -0.1) is 0 Å². The smallest absolute Gasteiger partial charge is 0.0991 e. The van der Waals surface area contributed by atoms with Crippen LogP contribution in [0.4, 0.5) is 0 Å². The molecule has 3 aromatic rings. The quantitative estimate of drug-likeness (QED) is 0.217. The molecule has 0 saturated carbocycles. The highest BCUT2D eigenvalue weighted by Crippen LogP contribution is 2.31. The molecule has 1 aromatic heterocycles. The highest BCUT2D eigenvalue weighted by Gasteiger charge is 2.23. The van der Waals surface area contributed by atoms with Gasteiger partial charge in [-0.05, 0) is 91.1 Å². The van der Waals surface area contributed by atoms with Gasteiger partial charge in [0.05, 0.1) is 6.33 Å². The van der Waals surface area contributed by atoms with E-state index in [4.69, 9.17) is 0 Å². The molecule has 0 fully saturated rings. The summed E-state index contributed by atoms with van der Waals surface area (Å²) < 4.78 is 2.07. The van der Waals surface area contributed by atoms with Gasteiger partial charge in [0.15, 0.2) is 0 Å². The number of nitrogens with zero attached hydrogens (tertiary/aromatic N) is 5. The van der Waals surface area contributed by atoms with Gasteiger partial charge in [0.2, 0.25) is 0 Å². The molecular weight excluding hydrogens is 490 g/mol. The first kappa shape index (κ1) is 26.9. The van der Waals surface area contributed by atoms with Crippen LogP contribution in [-0.4, -0.2) is 28.2 Å². The topological polar surface area (TPSA) is 54.9 Å². The van der Waals surface area contributed by atoms with Crippen molar-refractivity contribution in [2.45, 2.75) is 44.4 Å². The van der Waals surface area contributed by atoms with Crippen LogP contribution in [0.1, 0.15) is 60.4 Å². The number of aromatic nitrogens is 2. The van der Waals surface area contributed by atoms with Crippen molar-refractivity contribution in [1.82, 2.24) is 9.55 Å². The summed E-state index contributed by atoms with van der Waals surface area (Å²) in [6.45, 7) is 4.12. The first-order valence-electron chi connectivity index (χ1n) is 13.8. The lowest BCUT2D eigenvalue weighted by atomic mass is 9.81. The molecule has 0 spiro atoms. The van der Waals surface area contributed by atoms with Gasteiger partial charge in [-0.2, -0.15) is 0 Å². The molecule has 2 aromatic carbocycles. The van der Waals surface area contributed by atoms with Crippen LogP contribution in [0.3, 0.4) is 0 Å². The zero-order chi connectivity index (χ0) is 27.6. The molecule has 0 bridgehead atoms. The SMILES string of the molecule is C/C=N\C=C/C=Cc1cc(Cc2cc(-n3ccnc3)cc(C3(C)C=CC=CN=C3)c2)cc(C2CC=CN=CC2)c1. The fourth-order valence-corrected chi connectivity index (χ4v) is 5.09. The lowest BCUT2D eigenvalue weighted by molar-refractivity contribution is 0.741. The largest absolute Gasteiger partial charge is 0.306 e. The summed E-state index contributed by atoms with van der Waals surface area (Å²) in [5, 5.41) is 0. The predicted octanol–water partition coefficient (Wildman–Crippen LogP) is 7.95. The van der Waals surface area contributed by atoms with Gasteiger partial charge in [0, 0.05) is 60.7 Å². The molecule has 0 saturated heterocycles. The summed E-state index contributed by atoms with van der Waals surface area (Å²) in [6.07, 6.45) is 34.4. The van der Waals surface area contributed by atoms with Crippen LogP contribution in [0.15, 0.2) is 125 Å². The van der Waals surface area contributed by atoms with E-state index < -0.39 is 0 Å². The third kappa shape index (κ3) is 6.86. The summed E-state index contributed by atoms with van der Waals surface area (Å²) in [6, 6.07) is 13.8. The predicted molar refractivity (Wildman–Crippen MR) is 169 cm³/mol. The maximum Gasteiger partial charge on any atom is 0.0991 e. The van der Waals surface area contributed by atoms with Gasteiger partial charge in [0.1, 0.15) is 0 Å². The van der Waals surface area contributed by atoms with Crippen molar-refractivity contribution in [3.63, 3.8) is 0 Å². The maximum absolute atomic E-state index is 4.51. The number of hydrogen-bond donors (Lipinski definition) is 0. The average Bonchev–Trinajstić information content (AvgIpc) is 3.23. The Morgan fingerprint density at radius 1 is 1.00 bits per heavy atom. The molecule has 40 heavy (non-hydrogen) atoms. The summed E-state index contributed by atoms with van der Waals surface area (Å²) in [7, 11) is 0. The van der Waals surface area contributed by atoms with E-state index >= 15 is 0 Å². The third-order valence-electron chi connectivity index (χ3n) is 7.22. The van der Waals surface area contributed by atoms with E-state index in [2.05, 4.69) is 98.2 Å². The second kappa shape index (κ2) is 12.9. The Morgan fingerprint density at radius 3 is 2.80 bits per heavy atom. The third-order valence-corrected chi connectivity index (χ3v) is 7.22. The Morgan fingerprint density at radius 2 is 1.93 bits per heavy atom. The molecule has 5 nitrogen and oxygen atoms in total. The van der Waals surface area contributed by atoms with Gasteiger partial charge in [-0.25, -0.2) is 4.98 Å². The minimum atomic E-state index is -0.316. The average molecular weight is 526 g/mol. The van der Waals surface area contributed by atoms with E-state index in [9.17, 15) is 0 Å². The second-order valence-corrected chi connectivity index (χ2v) is 10.3. The molecule has 2 aliphatic heterocycles.